The molecule has 0 aromatic heterocycles. The van der Waals surface area contributed by atoms with Crippen molar-refractivity contribution in [2.24, 2.45) is 0 Å². The van der Waals surface area contributed by atoms with Gasteiger partial charge in [0.25, 0.3) is 0 Å². The molecule has 18 heavy (non-hydrogen) atoms. The second-order valence-electron chi connectivity index (χ2n) is 5.53. The molecule has 0 N–H and O–H groups in total. The molecule has 0 saturated carbocycles. The average Bonchev–Trinajstić information content (AvgIpc) is 2.33. The van der Waals surface area contributed by atoms with Crippen LogP contribution in [-0.4, -0.2) is 17.3 Å². The molecular weight excluding hydrogens is 304 g/mol. The van der Waals surface area contributed by atoms with Crippen LogP contribution < -0.4 is 0 Å². The summed E-state index contributed by atoms with van der Waals surface area (Å²) in [5.74, 6) is 4.32. The summed E-state index contributed by atoms with van der Waals surface area (Å²) >= 11 is 4.09. The normalized spacial score (nSPS) is 12.9. The Bertz CT molecular complexity index is 164. The molecule has 0 aliphatic rings. The van der Waals surface area contributed by atoms with Crippen molar-refractivity contribution >= 4 is 23.3 Å². The molecule has 0 aromatic carbocycles. The van der Waals surface area contributed by atoms with E-state index < -0.39 is 8.46 Å². The average molecular weight is 339 g/mol. The van der Waals surface area contributed by atoms with E-state index in [0.717, 1.165) is 0 Å². The van der Waals surface area contributed by atoms with Gasteiger partial charge in [-0.05, 0) is 51.3 Å². The van der Waals surface area contributed by atoms with E-state index in [-0.39, 0.29) is 0 Å². The summed E-state index contributed by atoms with van der Waals surface area (Å²) in [5.41, 5.74) is 0. The summed E-state index contributed by atoms with van der Waals surface area (Å²) in [6.45, 7) is 6.94. The summed E-state index contributed by atoms with van der Waals surface area (Å²) in [5, 5.41) is 0. The molecule has 0 fully saturated rings. The van der Waals surface area contributed by atoms with E-state index in [1.807, 2.05) is 0 Å². The van der Waals surface area contributed by atoms with Gasteiger partial charge in [0.1, 0.15) is 0 Å². The predicted molar refractivity (Wildman–Crippen MR) is 94.3 cm³/mol. The van der Waals surface area contributed by atoms with Gasteiger partial charge in [-0.1, -0.05) is 65.7 Å². The molecule has 0 atom stereocenters. The molecule has 0 aromatic rings. The van der Waals surface area contributed by atoms with Crippen molar-refractivity contribution in [3.05, 3.63) is 0 Å². The largest absolute Gasteiger partial charge is 0.183 e. The highest BCUT2D eigenvalue weighted by Gasteiger charge is 2.17. The van der Waals surface area contributed by atoms with Crippen molar-refractivity contribution in [1.29, 1.82) is 0 Å². The van der Waals surface area contributed by atoms with E-state index >= 15 is 0 Å². The zero-order valence-electron chi connectivity index (χ0n) is 13.0. The van der Waals surface area contributed by atoms with Crippen LogP contribution in [0.5, 0.6) is 0 Å². The van der Waals surface area contributed by atoms with Crippen molar-refractivity contribution < 1.29 is 0 Å². The highest BCUT2D eigenvalue weighted by Crippen LogP contribution is 2.57. The summed E-state index contributed by atoms with van der Waals surface area (Å²) in [7, 11) is -0.428. The Morgan fingerprint density at radius 2 is 1.00 bits per heavy atom. The molecule has 0 radical (unpaired) electrons. The maximum absolute atomic E-state index is 4.09. The zero-order chi connectivity index (χ0) is 13.7. The Morgan fingerprint density at radius 3 is 1.44 bits per heavy atom. The van der Waals surface area contributed by atoms with Crippen LogP contribution in [0.2, 0.25) is 0 Å². The van der Waals surface area contributed by atoms with Gasteiger partial charge in [-0.25, -0.2) is 0 Å². The van der Waals surface area contributed by atoms with E-state index in [4.69, 9.17) is 0 Å². The Kier molecular flexibility index (Phi) is 13.4. The molecule has 0 bridgehead atoms. The second-order valence-corrected chi connectivity index (χ2v) is 12.8. The van der Waals surface area contributed by atoms with Crippen LogP contribution in [0.15, 0.2) is 0 Å². The lowest BCUT2D eigenvalue weighted by molar-refractivity contribution is 0.586. The third kappa shape index (κ3) is 10.7. The van der Waals surface area contributed by atoms with Crippen molar-refractivity contribution in [2.45, 2.75) is 85.0 Å². The van der Waals surface area contributed by atoms with E-state index in [2.05, 4.69) is 35.6 Å². The van der Waals surface area contributed by atoms with Crippen molar-refractivity contribution in [3.63, 3.8) is 0 Å². The lowest BCUT2D eigenvalue weighted by Gasteiger charge is -2.33. The first-order valence-corrected chi connectivity index (χ1v) is 12.1. The molecule has 112 valence electrons. The highest BCUT2D eigenvalue weighted by atomic mass is 79.9. The number of unbranched alkanes of at least 4 members (excludes halogenated alkanes) is 7. The molecule has 2 heteroatoms. The monoisotopic (exact) mass is 338 g/mol. The van der Waals surface area contributed by atoms with Gasteiger partial charge in [0.2, 0.25) is 0 Å². The predicted octanol–water partition coefficient (Wildman–Crippen LogP) is 7.06. The van der Waals surface area contributed by atoms with Crippen molar-refractivity contribution in [3.8, 4) is 0 Å². The SMILES string of the molecule is CCCCCCCCCCS(Br)(CCC)CCC. The minimum absolute atomic E-state index is 0.428. The molecule has 0 aliphatic carbocycles. The first-order valence-electron chi connectivity index (χ1n) is 8.14. The van der Waals surface area contributed by atoms with Crippen LogP contribution >= 0.6 is 23.3 Å². The minimum atomic E-state index is -0.428. The van der Waals surface area contributed by atoms with Crippen molar-refractivity contribution in [1.82, 2.24) is 0 Å². The lowest BCUT2D eigenvalue weighted by atomic mass is 10.1. The van der Waals surface area contributed by atoms with Gasteiger partial charge in [0, 0.05) is 0 Å². The van der Waals surface area contributed by atoms with Crippen LogP contribution in [-0.2, 0) is 0 Å². The van der Waals surface area contributed by atoms with Crippen LogP contribution in [0.25, 0.3) is 0 Å². The molecular formula is C16H35BrS. The summed E-state index contributed by atoms with van der Waals surface area (Å²) in [4.78, 5) is 0. The van der Waals surface area contributed by atoms with Gasteiger partial charge in [-0.2, -0.15) is 8.46 Å². The zero-order valence-corrected chi connectivity index (χ0v) is 15.4. The number of hydrogen-bond donors (Lipinski definition) is 0. The third-order valence-electron chi connectivity index (χ3n) is 3.50. The summed E-state index contributed by atoms with van der Waals surface area (Å²) in [6, 6.07) is 0. The molecule has 0 spiro atoms. The topological polar surface area (TPSA) is 0 Å². The lowest BCUT2D eigenvalue weighted by Crippen LogP contribution is -2.06. The van der Waals surface area contributed by atoms with Crippen LogP contribution in [0.1, 0.15) is 85.0 Å². The molecule has 0 saturated heterocycles. The minimum Gasteiger partial charge on any atom is -0.183 e. The first kappa shape index (κ1) is 18.8. The molecule has 0 rings (SSSR count). The van der Waals surface area contributed by atoms with Gasteiger partial charge in [0.15, 0.2) is 0 Å². The fraction of sp³-hybridized carbons (Fsp3) is 1.00. The third-order valence-corrected chi connectivity index (χ3v) is 9.72. The van der Waals surface area contributed by atoms with Gasteiger partial charge >= 0.3 is 0 Å². The van der Waals surface area contributed by atoms with Gasteiger partial charge in [-0.3, -0.25) is 0 Å². The van der Waals surface area contributed by atoms with Crippen LogP contribution in [0, 0.1) is 0 Å². The van der Waals surface area contributed by atoms with Gasteiger partial charge in [0.05, 0.1) is 0 Å². The Balaban J connectivity index is 3.49. The first-order chi connectivity index (χ1) is 8.68. The number of halogens is 1. The highest BCUT2D eigenvalue weighted by molar-refractivity contribution is 9.58. The summed E-state index contributed by atoms with van der Waals surface area (Å²) in [6.07, 6.45) is 14.2. The number of rotatable bonds is 13. The molecule has 0 heterocycles. The van der Waals surface area contributed by atoms with Crippen molar-refractivity contribution in [2.75, 3.05) is 17.3 Å². The molecule has 0 unspecified atom stereocenters. The van der Waals surface area contributed by atoms with E-state index in [9.17, 15) is 0 Å². The number of hydrogen-bond acceptors (Lipinski definition) is 0. The van der Waals surface area contributed by atoms with Crippen LogP contribution in [0.4, 0.5) is 0 Å². The molecule has 0 amide bonds. The summed E-state index contributed by atoms with van der Waals surface area (Å²) < 4.78 is 0. The quantitative estimate of drug-likeness (QED) is 0.315. The Morgan fingerprint density at radius 1 is 0.556 bits per heavy atom. The smallest absolute Gasteiger partial charge is 0.0136 e. The van der Waals surface area contributed by atoms with Gasteiger partial charge in [-0.15, -0.1) is 0 Å². The standard InChI is InChI=1S/C16H35BrS/c1-4-7-8-9-10-11-12-13-16-18(17,14-5-2)15-6-3/h4-16H2,1-3H3. The molecule has 0 aliphatic heterocycles. The fourth-order valence-electron chi connectivity index (χ4n) is 2.53. The maximum Gasteiger partial charge on any atom is -0.0136 e. The maximum atomic E-state index is 4.09. The van der Waals surface area contributed by atoms with E-state index in [1.54, 1.807) is 0 Å². The Labute approximate surface area is 125 Å². The van der Waals surface area contributed by atoms with Crippen LogP contribution in [0.3, 0.4) is 0 Å². The van der Waals surface area contributed by atoms with E-state index in [0.29, 0.717) is 0 Å². The fourth-order valence-corrected chi connectivity index (χ4v) is 7.96. The van der Waals surface area contributed by atoms with Gasteiger partial charge < -0.3 is 0 Å². The second kappa shape index (κ2) is 12.8. The molecule has 0 nitrogen and oxygen atoms in total. The Hall–Kier alpha value is 0.830. The van der Waals surface area contributed by atoms with E-state index in [1.165, 1.54) is 81.5 Å².